The minimum atomic E-state index is 0.353. The van der Waals surface area contributed by atoms with Gasteiger partial charge in [0.15, 0.2) is 5.96 Å². The van der Waals surface area contributed by atoms with E-state index in [4.69, 9.17) is 4.74 Å². The van der Waals surface area contributed by atoms with E-state index in [1.54, 1.807) is 0 Å². The zero-order valence-corrected chi connectivity index (χ0v) is 13.8. The SMILES string of the molecule is CCC(C)NC(=NC)NCCCN1CC(C)OC(C)C1. The summed E-state index contributed by atoms with van der Waals surface area (Å²) in [5.41, 5.74) is 0. The molecule has 5 nitrogen and oxygen atoms in total. The van der Waals surface area contributed by atoms with Crippen molar-refractivity contribution >= 4 is 5.96 Å². The Morgan fingerprint density at radius 3 is 2.55 bits per heavy atom. The molecule has 2 N–H and O–H groups in total. The van der Waals surface area contributed by atoms with E-state index in [0.717, 1.165) is 45.0 Å². The largest absolute Gasteiger partial charge is 0.373 e. The lowest BCUT2D eigenvalue weighted by atomic mass is 10.2. The van der Waals surface area contributed by atoms with E-state index < -0.39 is 0 Å². The molecule has 0 bridgehead atoms. The molecule has 1 fully saturated rings. The zero-order valence-electron chi connectivity index (χ0n) is 13.8. The first kappa shape index (κ1) is 17.2. The van der Waals surface area contributed by atoms with Crippen LogP contribution in [0.1, 0.15) is 40.5 Å². The summed E-state index contributed by atoms with van der Waals surface area (Å²) in [5, 5.41) is 6.75. The Morgan fingerprint density at radius 2 is 2.00 bits per heavy atom. The molecule has 0 aliphatic carbocycles. The van der Waals surface area contributed by atoms with Crippen molar-refractivity contribution in [3.8, 4) is 0 Å². The number of hydrogen-bond acceptors (Lipinski definition) is 3. The zero-order chi connectivity index (χ0) is 15.0. The van der Waals surface area contributed by atoms with Crippen LogP contribution in [0.3, 0.4) is 0 Å². The van der Waals surface area contributed by atoms with Crippen LogP contribution in [0.5, 0.6) is 0 Å². The van der Waals surface area contributed by atoms with Gasteiger partial charge in [0.25, 0.3) is 0 Å². The second-order valence-electron chi connectivity index (χ2n) is 5.82. The molecule has 5 heteroatoms. The lowest BCUT2D eigenvalue weighted by Crippen LogP contribution is -2.46. The average molecular weight is 284 g/mol. The fourth-order valence-electron chi connectivity index (χ4n) is 2.51. The molecule has 0 aromatic rings. The van der Waals surface area contributed by atoms with Gasteiger partial charge in [-0.15, -0.1) is 0 Å². The van der Waals surface area contributed by atoms with Crippen LogP contribution < -0.4 is 10.6 Å². The Hall–Kier alpha value is -0.810. The normalized spacial score (nSPS) is 26.4. The number of rotatable bonds is 6. The van der Waals surface area contributed by atoms with Gasteiger partial charge in [0, 0.05) is 39.3 Å². The van der Waals surface area contributed by atoms with Crippen molar-refractivity contribution in [3.05, 3.63) is 0 Å². The smallest absolute Gasteiger partial charge is 0.191 e. The van der Waals surface area contributed by atoms with E-state index in [-0.39, 0.29) is 0 Å². The first-order chi connectivity index (χ1) is 9.55. The predicted octanol–water partition coefficient (Wildman–Crippen LogP) is 1.45. The fraction of sp³-hybridized carbons (Fsp3) is 0.933. The second-order valence-corrected chi connectivity index (χ2v) is 5.82. The second kappa shape index (κ2) is 9.19. The lowest BCUT2D eigenvalue weighted by Gasteiger charge is -2.35. The molecule has 20 heavy (non-hydrogen) atoms. The summed E-state index contributed by atoms with van der Waals surface area (Å²) < 4.78 is 5.75. The van der Waals surface area contributed by atoms with Gasteiger partial charge in [0.1, 0.15) is 0 Å². The number of guanidine groups is 1. The number of nitrogens with one attached hydrogen (secondary N) is 2. The number of nitrogens with zero attached hydrogens (tertiary/aromatic N) is 2. The molecule has 1 aliphatic rings. The molecule has 1 aliphatic heterocycles. The molecule has 0 aromatic carbocycles. The van der Waals surface area contributed by atoms with E-state index in [1.807, 2.05) is 7.05 Å². The van der Waals surface area contributed by atoms with Crippen LogP contribution in [0.4, 0.5) is 0 Å². The van der Waals surface area contributed by atoms with Crippen LogP contribution in [0.2, 0.25) is 0 Å². The van der Waals surface area contributed by atoms with Crippen LogP contribution in [0.25, 0.3) is 0 Å². The molecule has 3 atom stereocenters. The lowest BCUT2D eigenvalue weighted by molar-refractivity contribution is -0.0679. The molecule has 0 saturated carbocycles. The van der Waals surface area contributed by atoms with Crippen LogP contribution in [0, 0.1) is 0 Å². The van der Waals surface area contributed by atoms with Gasteiger partial charge in [-0.2, -0.15) is 0 Å². The van der Waals surface area contributed by atoms with Crippen molar-refractivity contribution in [2.24, 2.45) is 4.99 Å². The Bertz CT molecular complexity index is 286. The standard InChI is InChI=1S/C15H32N4O/c1-6-12(2)18-15(16-5)17-8-7-9-19-10-13(3)20-14(4)11-19/h12-14H,6-11H2,1-5H3,(H2,16,17,18). The van der Waals surface area contributed by atoms with E-state index in [0.29, 0.717) is 18.2 Å². The van der Waals surface area contributed by atoms with E-state index >= 15 is 0 Å². The molecule has 0 spiro atoms. The number of ether oxygens (including phenoxy) is 1. The molecule has 0 radical (unpaired) electrons. The monoisotopic (exact) mass is 284 g/mol. The summed E-state index contributed by atoms with van der Waals surface area (Å²) in [5.74, 6) is 0.906. The maximum absolute atomic E-state index is 5.75. The highest BCUT2D eigenvalue weighted by Crippen LogP contribution is 2.10. The van der Waals surface area contributed by atoms with Crippen molar-refractivity contribution in [3.63, 3.8) is 0 Å². The number of morpholine rings is 1. The molecule has 1 heterocycles. The summed E-state index contributed by atoms with van der Waals surface area (Å²) >= 11 is 0. The highest BCUT2D eigenvalue weighted by atomic mass is 16.5. The minimum Gasteiger partial charge on any atom is -0.373 e. The summed E-state index contributed by atoms with van der Waals surface area (Å²) in [7, 11) is 1.82. The van der Waals surface area contributed by atoms with Gasteiger partial charge in [-0.1, -0.05) is 6.92 Å². The molecule has 1 saturated heterocycles. The Balaban J connectivity index is 2.17. The van der Waals surface area contributed by atoms with E-state index in [2.05, 4.69) is 48.2 Å². The summed E-state index contributed by atoms with van der Waals surface area (Å²) in [6.07, 6.45) is 2.93. The highest BCUT2D eigenvalue weighted by molar-refractivity contribution is 5.79. The summed E-state index contributed by atoms with van der Waals surface area (Å²) in [4.78, 5) is 6.74. The van der Waals surface area contributed by atoms with Crippen LogP contribution in [0.15, 0.2) is 4.99 Å². The molecule has 1 rings (SSSR count). The van der Waals surface area contributed by atoms with Gasteiger partial charge in [-0.3, -0.25) is 9.89 Å². The third-order valence-electron chi connectivity index (χ3n) is 3.66. The van der Waals surface area contributed by atoms with Gasteiger partial charge in [-0.05, 0) is 33.6 Å². The van der Waals surface area contributed by atoms with Gasteiger partial charge in [0.05, 0.1) is 12.2 Å². The molecular weight excluding hydrogens is 252 g/mol. The average Bonchev–Trinajstić information content (AvgIpc) is 2.40. The molecule has 0 amide bonds. The molecule has 0 aromatic heterocycles. The molecular formula is C15H32N4O. The van der Waals surface area contributed by atoms with E-state index in [1.165, 1.54) is 0 Å². The number of aliphatic imine (C=N–C) groups is 1. The first-order valence-electron chi connectivity index (χ1n) is 7.90. The van der Waals surface area contributed by atoms with Gasteiger partial charge >= 0.3 is 0 Å². The maximum atomic E-state index is 5.75. The van der Waals surface area contributed by atoms with Crippen LogP contribution in [-0.2, 0) is 4.74 Å². The van der Waals surface area contributed by atoms with Gasteiger partial charge in [-0.25, -0.2) is 0 Å². The first-order valence-corrected chi connectivity index (χ1v) is 7.90. The maximum Gasteiger partial charge on any atom is 0.191 e. The van der Waals surface area contributed by atoms with Crippen molar-refractivity contribution < 1.29 is 4.74 Å². The van der Waals surface area contributed by atoms with Crippen molar-refractivity contribution in [2.75, 3.05) is 33.2 Å². The van der Waals surface area contributed by atoms with Crippen LogP contribution in [-0.4, -0.2) is 62.3 Å². The Morgan fingerprint density at radius 1 is 1.35 bits per heavy atom. The van der Waals surface area contributed by atoms with Crippen LogP contribution >= 0.6 is 0 Å². The third-order valence-corrected chi connectivity index (χ3v) is 3.66. The fourth-order valence-corrected chi connectivity index (χ4v) is 2.51. The minimum absolute atomic E-state index is 0.353. The topological polar surface area (TPSA) is 48.9 Å². The summed E-state index contributed by atoms with van der Waals surface area (Å²) in [6.45, 7) is 12.8. The Kier molecular flexibility index (Phi) is 7.92. The highest BCUT2D eigenvalue weighted by Gasteiger charge is 2.21. The third kappa shape index (κ3) is 6.57. The van der Waals surface area contributed by atoms with Gasteiger partial charge < -0.3 is 15.4 Å². The molecule has 3 unspecified atom stereocenters. The quantitative estimate of drug-likeness (QED) is 0.440. The van der Waals surface area contributed by atoms with Gasteiger partial charge in [0.2, 0.25) is 0 Å². The molecule has 118 valence electrons. The Labute approximate surface area is 124 Å². The predicted molar refractivity (Wildman–Crippen MR) is 85.3 cm³/mol. The van der Waals surface area contributed by atoms with Crippen molar-refractivity contribution in [1.82, 2.24) is 15.5 Å². The van der Waals surface area contributed by atoms with Crippen molar-refractivity contribution in [2.45, 2.75) is 58.8 Å². The number of hydrogen-bond donors (Lipinski definition) is 2. The van der Waals surface area contributed by atoms with E-state index in [9.17, 15) is 0 Å². The van der Waals surface area contributed by atoms with Crippen molar-refractivity contribution in [1.29, 1.82) is 0 Å². The summed E-state index contributed by atoms with van der Waals surface area (Å²) in [6, 6.07) is 0.460.